The van der Waals surface area contributed by atoms with E-state index >= 15 is 0 Å². The van der Waals surface area contributed by atoms with Crippen LogP contribution >= 0.6 is 0 Å². The van der Waals surface area contributed by atoms with Crippen molar-refractivity contribution >= 4 is 10.8 Å². The normalized spacial score (nSPS) is 12.0. The SMILES string of the molecule is CCNCCC(C)(C)CCc1c(C)ccc2ccccc12. The molecule has 1 heteroatoms. The predicted molar refractivity (Wildman–Crippen MR) is 93.9 cm³/mol. The first-order chi connectivity index (χ1) is 10.0. The van der Waals surface area contributed by atoms with Crippen molar-refractivity contribution in [2.75, 3.05) is 13.1 Å². The average Bonchev–Trinajstić information content (AvgIpc) is 2.46. The van der Waals surface area contributed by atoms with E-state index in [4.69, 9.17) is 0 Å². The van der Waals surface area contributed by atoms with Crippen LogP contribution in [0.3, 0.4) is 0 Å². The first-order valence-corrected chi connectivity index (χ1v) is 8.21. The van der Waals surface area contributed by atoms with Gasteiger partial charge in [0.25, 0.3) is 0 Å². The Morgan fingerprint density at radius 1 is 1.00 bits per heavy atom. The molecule has 0 saturated carbocycles. The fraction of sp³-hybridized carbons (Fsp3) is 0.500. The first kappa shape index (κ1) is 16.0. The summed E-state index contributed by atoms with van der Waals surface area (Å²) in [7, 11) is 0. The van der Waals surface area contributed by atoms with E-state index < -0.39 is 0 Å². The summed E-state index contributed by atoms with van der Waals surface area (Å²) in [6.07, 6.45) is 3.66. The molecule has 0 aliphatic heterocycles. The standard InChI is InChI=1S/C20H29N/c1-5-21-15-14-20(3,4)13-12-18-16(2)10-11-17-8-6-7-9-19(17)18/h6-11,21H,5,12-15H2,1-4H3. The van der Waals surface area contributed by atoms with Crippen LogP contribution in [0.1, 0.15) is 44.7 Å². The molecule has 0 amide bonds. The molecular weight excluding hydrogens is 254 g/mol. The average molecular weight is 283 g/mol. The molecule has 114 valence electrons. The van der Waals surface area contributed by atoms with Gasteiger partial charge in [0.1, 0.15) is 0 Å². The highest BCUT2D eigenvalue weighted by Crippen LogP contribution is 2.30. The summed E-state index contributed by atoms with van der Waals surface area (Å²) in [5, 5.41) is 6.24. The zero-order chi connectivity index (χ0) is 15.3. The van der Waals surface area contributed by atoms with Gasteiger partial charge in [-0.05, 0) is 66.6 Å². The summed E-state index contributed by atoms with van der Waals surface area (Å²) in [6.45, 7) is 11.4. The number of hydrogen-bond donors (Lipinski definition) is 1. The lowest BCUT2D eigenvalue weighted by molar-refractivity contribution is 0.303. The van der Waals surface area contributed by atoms with E-state index in [2.05, 4.69) is 69.4 Å². The van der Waals surface area contributed by atoms with Gasteiger partial charge >= 0.3 is 0 Å². The van der Waals surface area contributed by atoms with E-state index in [1.54, 1.807) is 0 Å². The molecule has 2 rings (SSSR count). The molecule has 0 bridgehead atoms. The summed E-state index contributed by atoms with van der Waals surface area (Å²) in [5.74, 6) is 0. The molecule has 0 aromatic heterocycles. The lowest BCUT2D eigenvalue weighted by Gasteiger charge is -2.25. The lowest BCUT2D eigenvalue weighted by atomic mass is 9.82. The van der Waals surface area contributed by atoms with E-state index in [1.165, 1.54) is 41.2 Å². The number of nitrogens with one attached hydrogen (secondary N) is 1. The fourth-order valence-electron chi connectivity index (χ4n) is 2.97. The van der Waals surface area contributed by atoms with Crippen LogP contribution in [0.15, 0.2) is 36.4 Å². The van der Waals surface area contributed by atoms with Crippen molar-refractivity contribution in [3.8, 4) is 0 Å². The summed E-state index contributed by atoms with van der Waals surface area (Å²) in [4.78, 5) is 0. The quantitative estimate of drug-likeness (QED) is 0.697. The first-order valence-electron chi connectivity index (χ1n) is 8.21. The third-order valence-corrected chi connectivity index (χ3v) is 4.56. The Bertz CT molecular complexity index is 583. The van der Waals surface area contributed by atoms with Crippen LogP contribution in [0.25, 0.3) is 10.8 Å². The van der Waals surface area contributed by atoms with E-state index in [9.17, 15) is 0 Å². The van der Waals surface area contributed by atoms with E-state index in [1.807, 2.05) is 0 Å². The maximum Gasteiger partial charge on any atom is -0.00439 e. The van der Waals surface area contributed by atoms with Gasteiger partial charge in [-0.1, -0.05) is 57.2 Å². The third kappa shape index (κ3) is 4.31. The highest BCUT2D eigenvalue weighted by Gasteiger charge is 2.18. The minimum Gasteiger partial charge on any atom is -0.317 e. The molecule has 0 fully saturated rings. The van der Waals surface area contributed by atoms with E-state index in [0.717, 1.165) is 13.1 Å². The van der Waals surface area contributed by atoms with Crippen molar-refractivity contribution < 1.29 is 0 Å². The second-order valence-electron chi connectivity index (χ2n) is 6.85. The van der Waals surface area contributed by atoms with Crippen LogP contribution in [0.5, 0.6) is 0 Å². The highest BCUT2D eigenvalue weighted by atomic mass is 14.8. The molecule has 1 N–H and O–H groups in total. The largest absolute Gasteiger partial charge is 0.317 e. The second kappa shape index (κ2) is 7.09. The van der Waals surface area contributed by atoms with Gasteiger partial charge in [0.15, 0.2) is 0 Å². The molecule has 0 unspecified atom stereocenters. The number of aryl methyl sites for hydroxylation is 2. The van der Waals surface area contributed by atoms with Gasteiger partial charge in [0.05, 0.1) is 0 Å². The molecule has 0 aliphatic rings. The van der Waals surface area contributed by atoms with Crippen molar-refractivity contribution in [3.05, 3.63) is 47.5 Å². The third-order valence-electron chi connectivity index (χ3n) is 4.56. The summed E-state index contributed by atoms with van der Waals surface area (Å²) < 4.78 is 0. The Morgan fingerprint density at radius 2 is 1.76 bits per heavy atom. The van der Waals surface area contributed by atoms with Crippen LogP contribution in [0.2, 0.25) is 0 Å². The predicted octanol–water partition coefficient (Wildman–Crippen LogP) is 5.11. The molecule has 0 heterocycles. The van der Waals surface area contributed by atoms with E-state index in [0.29, 0.717) is 5.41 Å². The molecule has 2 aromatic carbocycles. The van der Waals surface area contributed by atoms with Crippen LogP contribution in [0.4, 0.5) is 0 Å². The van der Waals surface area contributed by atoms with Gasteiger partial charge in [-0.15, -0.1) is 0 Å². The number of benzene rings is 2. The summed E-state index contributed by atoms with van der Waals surface area (Å²) in [6, 6.07) is 13.3. The van der Waals surface area contributed by atoms with Gasteiger partial charge in [-0.25, -0.2) is 0 Å². The van der Waals surface area contributed by atoms with Gasteiger partial charge in [-0.3, -0.25) is 0 Å². The van der Waals surface area contributed by atoms with Crippen LogP contribution in [-0.2, 0) is 6.42 Å². The minimum atomic E-state index is 0.394. The summed E-state index contributed by atoms with van der Waals surface area (Å²) in [5.41, 5.74) is 3.35. The molecule has 0 saturated heterocycles. The van der Waals surface area contributed by atoms with Gasteiger partial charge < -0.3 is 5.32 Å². The minimum absolute atomic E-state index is 0.394. The molecule has 0 spiro atoms. The molecule has 21 heavy (non-hydrogen) atoms. The Hall–Kier alpha value is -1.34. The Labute approximate surface area is 129 Å². The molecule has 1 nitrogen and oxygen atoms in total. The molecule has 0 aliphatic carbocycles. The van der Waals surface area contributed by atoms with Crippen LogP contribution < -0.4 is 5.32 Å². The molecule has 0 atom stereocenters. The smallest absolute Gasteiger partial charge is 0.00439 e. The van der Waals surface area contributed by atoms with Crippen molar-refractivity contribution in [1.29, 1.82) is 0 Å². The Kier molecular flexibility index (Phi) is 5.41. The Morgan fingerprint density at radius 3 is 2.52 bits per heavy atom. The topological polar surface area (TPSA) is 12.0 Å². The van der Waals surface area contributed by atoms with Crippen molar-refractivity contribution in [1.82, 2.24) is 5.32 Å². The lowest BCUT2D eigenvalue weighted by Crippen LogP contribution is -2.22. The van der Waals surface area contributed by atoms with Gasteiger partial charge in [0, 0.05) is 0 Å². The van der Waals surface area contributed by atoms with Gasteiger partial charge in [0.2, 0.25) is 0 Å². The Balaban J connectivity index is 2.11. The zero-order valence-electron chi connectivity index (χ0n) is 14.0. The van der Waals surface area contributed by atoms with E-state index in [-0.39, 0.29) is 0 Å². The number of hydrogen-bond acceptors (Lipinski definition) is 1. The highest BCUT2D eigenvalue weighted by molar-refractivity contribution is 5.86. The maximum atomic E-state index is 3.44. The molecule has 2 aromatic rings. The maximum absolute atomic E-state index is 3.44. The molecule has 0 radical (unpaired) electrons. The van der Waals surface area contributed by atoms with Crippen molar-refractivity contribution in [3.63, 3.8) is 0 Å². The van der Waals surface area contributed by atoms with Crippen molar-refractivity contribution in [2.45, 2.75) is 47.0 Å². The fourth-order valence-corrected chi connectivity index (χ4v) is 2.97. The van der Waals surface area contributed by atoms with Crippen LogP contribution in [-0.4, -0.2) is 13.1 Å². The number of fused-ring (bicyclic) bond motifs is 1. The summed E-state index contributed by atoms with van der Waals surface area (Å²) >= 11 is 0. The number of rotatable bonds is 7. The zero-order valence-corrected chi connectivity index (χ0v) is 14.0. The molecular formula is C20H29N. The monoisotopic (exact) mass is 283 g/mol. The van der Waals surface area contributed by atoms with Gasteiger partial charge in [-0.2, -0.15) is 0 Å². The second-order valence-corrected chi connectivity index (χ2v) is 6.85. The van der Waals surface area contributed by atoms with Crippen LogP contribution in [0, 0.1) is 12.3 Å². The van der Waals surface area contributed by atoms with Crippen molar-refractivity contribution in [2.24, 2.45) is 5.41 Å².